The monoisotopic (exact) mass is 506 g/mol. The normalized spacial score (nSPS) is 25.6. The van der Waals surface area contributed by atoms with E-state index >= 15 is 0 Å². The highest BCUT2D eigenvalue weighted by atomic mass is 16.7. The maximum Gasteiger partial charge on any atom is 0.335 e. The predicted octanol–water partition coefficient (Wildman–Crippen LogP) is 1.74. The van der Waals surface area contributed by atoms with E-state index in [-0.39, 0.29) is 23.3 Å². The van der Waals surface area contributed by atoms with Crippen LogP contribution in [0.4, 0.5) is 0 Å². The van der Waals surface area contributed by atoms with Crippen LogP contribution in [-0.4, -0.2) is 76.4 Å². The van der Waals surface area contributed by atoms with E-state index in [1.807, 2.05) is 18.2 Å². The van der Waals surface area contributed by atoms with Gasteiger partial charge in [-0.2, -0.15) is 0 Å². The first-order chi connectivity index (χ1) is 17.0. The molecule has 10 nitrogen and oxygen atoms in total. The molecule has 3 rings (SSSR count). The number of carbonyl (C=O) groups is 1. The number of aromatic hydroxyl groups is 1. The van der Waals surface area contributed by atoms with Gasteiger partial charge in [-0.3, -0.25) is 0 Å². The van der Waals surface area contributed by atoms with Gasteiger partial charge < -0.3 is 44.5 Å². The van der Waals surface area contributed by atoms with Gasteiger partial charge in [0.2, 0.25) is 6.29 Å². The second-order valence-corrected chi connectivity index (χ2v) is 9.21. The third-order valence-electron chi connectivity index (χ3n) is 6.62. The van der Waals surface area contributed by atoms with Gasteiger partial charge in [-0.25, -0.2) is 4.79 Å². The average molecular weight is 507 g/mol. The first kappa shape index (κ1) is 27.5. The van der Waals surface area contributed by atoms with Gasteiger partial charge in [0.1, 0.15) is 18.3 Å². The smallest absolute Gasteiger partial charge is 0.335 e. The van der Waals surface area contributed by atoms with Crippen molar-refractivity contribution in [2.45, 2.75) is 57.4 Å². The minimum Gasteiger partial charge on any atom is -0.504 e. The maximum atomic E-state index is 11.4. The number of hydrogen-bond donors (Lipinski definition) is 5. The lowest BCUT2D eigenvalue weighted by Gasteiger charge is -2.38. The molecule has 7 atom stereocenters. The van der Waals surface area contributed by atoms with Gasteiger partial charge in [-0.1, -0.05) is 26.0 Å². The molecule has 5 N–H and O–H groups in total. The van der Waals surface area contributed by atoms with Crippen LogP contribution < -0.4 is 14.2 Å². The van der Waals surface area contributed by atoms with Crippen molar-refractivity contribution in [1.29, 1.82) is 0 Å². The number of benzene rings is 2. The van der Waals surface area contributed by atoms with Crippen molar-refractivity contribution in [3.8, 4) is 23.0 Å². The summed E-state index contributed by atoms with van der Waals surface area (Å²) in [6.07, 6.45) is -7.08. The number of carboxylic acid groups (broad SMARTS) is 1. The standard InChI is InChI=1S/C26H34O10/c1-13(9-15-5-7-17(27)19(11-15)34-4)14(2)10-16-6-8-18(33-3)20(12-16)35-26-23(30)21(28)22(29)24(36-26)25(31)32/h5-8,11-14,21-24,26-30H,9-10H2,1-4H3,(H,31,32)/t13-,14+,21-,22-,23+,24-,26+/m1/s1. The predicted molar refractivity (Wildman–Crippen MR) is 128 cm³/mol. The molecule has 10 heteroatoms. The van der Waals surface area contributed by atoms with Gasteiger partial charge in [0, 0.05) is 0 Å². The molecule has 0 aromatic heterocycles. The van der Waals surface area contributed by atoms with Crippen molar-refractivity contribution in [3.63, 3.8) is 0 Å². The Balaban J connectivity index is 1.73. The van der Waals surface area contributed by atoms with Crippen molar-refractivity contribution in [2.24, 2.45) is 11.8 Å². The molecule has 36 heavy (non-hydrogen) atoms. The molecule has 1 fully saturated rings. The Hall–Kier alpha value is -3.05. The number of ether oxygens (including phenoxy) is 4. The summed E-state index contributed by atoms with van der Waals surface area (Å²) in [5.41, 5.74) is 1.95. The largest absolute Gasteiger partial charge is 0.504 e. The molecule has 2 aromatic carbocycles. The number of aliphatic hydroxyl groups is 3. The molecule has 0 radical (unpaired) electrons. The summed E-state index contributed by atoms with van der Waals surface area (Å²) in [4.78, 5) is 11.4. The third kappa shape index (κ3) is 6.19. The molecule has 2 aromatic rings. The van der Waals surface area contributed by atoms with Crippen molar-refractivity contribution in [1.82, 2.24) is 0 Å². The summed E-state index contributed by atoms with van der Waals surface area (Å²) in [6, 6.07) is 10.6. The molecule has 0 bridgehead atoms. The van der Waals surface area contributed by atoms with Gasteiger partial charge in [-0.05, 0) is 60.1 Å². The van der Waals surface area contributed by atoms with Crippen LogP contribution >= 0.6 is 0 Å². The molecule has 198 valence electrons. The third-order valence-corrected chi connectivity index (χ3v) is 6.62. The molecule has 1 saturated heterocycles. The molecule has 1 aliphatic rings. The first-order valence-corrected chi connectivity index (χ1v) is 11.7. The summed E-state index contributed by atoms with van der Waals surface area (Å²) in [6.45, 7) is 4.26. The zero-order chi connectivity index (χ0) is 26.6. The van der Waals surface area contributed by atoms with E-state index in [9.17, 15) is 30.3 Å². The van der Waals surface area contributed by atoms with Crippen LogP contribution in [0.2, 0.25) is 0 Å². The average Bonchev–Trinajstić information content (AvgIpc) is 2.85. The van der Waals surface area contributed by atoms with Crippen LogP contribution in [0.1, 0.15) is 25.0 Å². The number of phenols is 1. The van der Waals surface area contributed by atoms with E-state index in [4.69, 9.17) is 18.9 Å². The lowest BCUT2D eigenvalue weighted by molar-refractivity contribution is -0.271. The fourth-order valence-electron chi connectivity index (χ4n) is 4.21. The molecule has 0 saturated carbocycles. The van der Waals surface area contributed by atoms with Crippen LogP contribution in [0.25, 0.3) is 0 Å². The van der Waals surface area contributed by atoms with Gasteiger partial charge in [-0.15, -0.1) is 0 Å². The summed E-state index contributed by atoms with van der Waals surface area (Å²) >= 11 is 0. The summed E-state index contributed by atoms with van der Waals surface area (Å²) < 4.78 is 21.5. The highest BCUT2D eigenvalue weighted by Gasteiger charge is 2.48. The van der Waals surface area contributed by atoms with E-state index in [1.165, 1.54) is 14.2 Å². The van der Waals surface area contributed by atoms with Crippen LogP contribution in [0, 0.1) is 11.8 Å². The molecule has 1 heterocycles. The number of rotatable bonds is 10. The van der Waals surface area contributed by atoms with E-state index < -0.39 is 36.7 Å². The quantitative estimate of drug-likeness (QED) is 0.322. The van der Waals surface area contributed by atoms with Crippen LogP contribution in [0.15, 0.2) is 36.4 Å². The fraction of sp³-hybridized carbons (Fsp3) is 0.500. The Morgan fingerprint density at radius 2 is 1.42 bits per heavy atom. The second kappa shape index (κ2) is 11.8. The van der Waals surface area contributed by atoms with E-state index in [0.29, 0.717) is 17.9 Å². The second-order valence-electron chi connectivity index (χ2n) is 9.21. The summed E-state index contributed by atoms with van der Waals surface area (Å²) in [7, 11) is 2.95. The van der Waals surface area contributed by atoms with Gasteiger partial charge in [0.25, 0.3) is 0 Å². The zero-order valence-corrected chi connectivity index (χ0v) is 20.7. The number of carboxylic acids is 1. The Bertz CT molecular complexity index is 1040. The zero-order valence-electron chi connectivity index (χ0n) is 20.7. The number of phenolic OH excluding ortho intramolecular Hbond substituents is 1. The Labute approximate surface area is 209 Å². The Morgan fingerprint density at radius 1 is 0.861 bits per heavy atom. The van der Waals surface area contributed by atoms with E-state index in [0.717, 1.165) is 17.5 Å². The van der Waals surface area contributed by atoms with Crippen molar-refractivity contribution < 1.29 is 49.3 Å². The Kier molecular flexibility index (Phi) is 9.02. The SMILES string of the molecule is COc1cc(C[C@@H](C)[C@@H](C)Cc2ccc(OC)c(O[C@H]3O[C@@H](C(=O)O)[C@H](O)[C@@H](O)[C@@H]3O)c2)ccc1O. The number of aliphatic hydroxyl groups excluding tert-OH is 3. The lowest BCUT2D eigenvalue weighted by Crippen LogP contribution is -2.61. The molecule has 0 spiro atoms. The van der Waals surface area contributed by atoms with Crippen LogP contribution in [0.3, 0.4) is 0 Å². The van der Waals surface area contributed by atoms with Gasteiger partial charge >= 0.3 is 5.97 Å². The first-order valence-electron chi connectivity index (χ1n) is 11.7. The molecule has 0 unspecified atom stereocenters. The van der Waals surface area contributed by atoms with E-state index in [2.05, 4.69) is 13.8 Å². The van der Waals surface area contributed by atoms with Crippen molar-refractivity contribution in [2.75, 3.05) is 14.2 Å². The minimum atomic E-state index is -1.80. The Morgan fingerprint density at radius 3 is 1.97 bits per heavy atom. The van der Waals surface area contributed by atoms with Gasteiger partial charge in [0.15, 0.2) is 29.1 Å². The van der Waals surface area contributed by atoms with Crippen LogP contribution in [0.5, 0.6) is 23.0 Å². The maximum absolute atomic E-state index is 11.4. The minimum absolute atomic E-state index is 0.0940. The van der Waals surface area contributed by atoms with Crippen molar-refractivity contribution >= 4 is 5.97 Å². The topological polar surface area (TPSA) is 155 Å². The fourth-order valence-corrected chi connectivity index (χ4v) is 4.21. The number of hydrogen-bond acceptors (Lipinski definition) is 9. The number of aliphatic carboxylic acids is 1. The summed E-state index contributed by atoms with van der Waals surface area (Å²) in [5, 5.41) is 49.3. The molecule has 1 aliphatic heterocycles. The number of methoxy groups -OCH3 is 2. The van der Waals surface area contributed by atoms with Gasteiger partial charge in [0.05, 0.1) is 14.2 Å². The highest BCUT2D eigenvalue weighted by molar-refractivity contribution is 5.73. The highest BCUT2D eigenvalue weighted by Crippen LogP contribution is 2.34. The molecule has 0 amide bonds. The molecule has 0 aliphatic carbocycles. The molecular formula is C26H34O10. The lowest BCUT2D eigenvalue weighted by atomic mass is 9.85. The summed E-state index contributed by atoms with van der Waals surface area (Å²) in [5.74, 6) is 0.0967. The molecular weight excluding hydrogens is 472 g/mol. The van der Waals surface area contributed by atoms with Crippen LogP contribution in [-0.2, 0) is 22.4 Å². The van der Waals surface area contributed by atoms with E-state index in [1.54, 1.807) is 18.2 Å². The van der Waals surface area contributed by atoms with Crippen molar-refractivity contribution in [3.05, 3.63) is 47.5 Å².